The van der Waals surface area contributed by atoms with E-state index in [2.05, 4.69) is 10.6 Å². The molecule has 1 atom stereocenters. The van der Waals surface area contributed by atoms with Gasteiger partial charge in [-0.2, -0.15) is 11.8 Å². The maximum absolute atomic E-state index is 13.0. The number of sulfone groups is 1. The van der Waals surface area contributed by atoms with Gasteiger partial charge in [-0.05, 0) is 71.8 Å². The van der Waals surface area contributed by atoms with Gasteiger partial charge >= 0.3 is 0 Å². The first-order valence-corrected chi connectivity index (χ1v) is 13.8. The van der Waals surface area contributed by atoms with Crippen LogP contribution in [0.4, 0.5) is 0 Å². The Morgan fingerprint density at radius 3 is 2.13 bits per heavy atom. The fourth-order valence-corrected chi connectivity index (χ4v) is 6.58. The van der Waals surface area contributed by atoms with Crippen LogP contribution in [0.2, 0.25) is 0 Å². The molecule has 0 aromatic carbocycles. The summed E-state index contributed by atoms with van der Waals surface area (Å²) in [5.74, 6) is -0.111. The number of nitrogens with zero attached hydrogens (tertiary/aromatic N) is 1. The van der Waals surface area contributed by atoms with Crippen molar-refractivity contribution in [3.8, 4) is 0 Å². The second-order valence-electron chi connectivity index (χ2n) is 9.80. The number of hydrogen-bond donors (Lipinski definition) is 2. The monoisotopic (exact) mass is 462 g/mol. The van der Waals surface area contributed by atoms with Gasteiger partial charge < -0.3 is 10.6 Å². The standard InChI is InChI=1S/C20H36N3O5S2/c1-19(2)12-15(13-20(3,4)23(19)26)21-18(25)16(6-9-29-5)22-17(24)14-7-10-30(27,28)11-8-14/h14-16H,6-13H2,1-5H3,(H,21,25)(H,22,24). The lowest BCUT2D eigenvalue weighted by molar-refractivity contribution is -0.290. The highest BCUT2D eigenvalue weighted by atomic mass is 32.2. The molecule has 0 bridgehead atoms. The van der Waals surface area contributed by atoms with Crippen molar-refractivity contribution in [3.63, 3.8) is 0 Å². The molecule has 30 heavy (non-hydrogen) atoms. The number of carbonyl (C=O) groups excluding carboxylic acids is 2. The van der Waals surface area contributed by atoms with Gasteiger partial charge in [0.1, 0.15) is 15.9 Å². The number of rotatable bonds is 7. The van der Waals surface area contributed by atoms with Gasteiger partial charge in [-0.25, -0.2) is 8.42 Å². The minimum absolute atomic E-state index is 0.0185. The van der Waals surface area contributed by atoms with E-state index in [4.69, 9.17) is 0 Å². The Hall–Kier alpha value is -0.840. The summed E-state index contributed by atoms with van der Waals surface area (Å²) in [5, 5.41) is 19.6. The van der Waals surface area contributed by atoms with Crippen LogP contribution in [0.5, 0.6) is 0 Å². The van der Waals surface area contributed by atoms with Gasteiger partial charge in [0.15, 0.2) is 0 Å². The van der Waals surface area contributed by atoms with Crippen molar-refractivity contribution in [2.75, 3.05) is 23.5 Å². The van der Waals surface area contributed by atoms with E-state index < -0.39 is 27.0 Å². The Kier molecular flexibility index (Phi) is 8.26. The fourth-order valence-electron chi connectivity index (χ4n) is 4.61. The van der Waals surface area contributed by atoms with Gasteiger partial charge in [-0.15, -0.1) is 10.3 Å². The number of piperidine rings is 1. The molecule has 0 aromatic heterocycles. The second-order valence-corrected chi connectivity index (χ2v) is 13.1. The van der Waals surface area contributed by atoms with Crippen LogP contribution in [0.15, 0.2) is 0 Å². The van der Waals surface area contributed by atoms with Gasteiger partial charge in [0.25, 0.3) is 0 Å². The molecule has 8 nitrogen and oxygen atoms in total. The predicted molar refractivity (Wildman–Crippen MR) is 118 cm³/mol. The Balaban J connectivity index is 2.02. The third-order valence-electron chi connectivity index (χ3n) is 6.11. The third kappa shape index (κ3) is 6.58. The number of hydrogen-bond acceptors (Lipinski definition) is 6. The molecule has 10 heteroatoms. The van der Waals surface area contributed by atoms with Crippen molar-refractivity contribution in [2.45, 2.75) is 83.0 Å². The summed E-state index contributed by atoms with van der Waals surface area (Å²) in [7, 11) is -3.05. The first-order valence-electron chi connectivity index (χ1n) is 10.5. The zero-order valence-electron chi connectivity index (χ0n) is 18.7. The predicted octanol–water partition coefficient (Wildman–Crippen LogP) is 1.53. The molecule has 2 rings (SSSR count). The Bertz CT molecular complexity index is 707. The molecule has 2 aliphatic rings. The highest BCUT2D eigenvalue weighted by molar-refractivity contribution is 7.98. The van der Waals surface area contributed by atoms with E-state index in [1.807, 2.05) is 34.0 Å². The van der Waals surface area contributed by atoms with Gasteiger partial charge in [0, 0.05) is 23.0 Å². The van der Waals surface area contributed by atoms with Crippen molar-refractivity contribution < 1.29 is 23.2 Å². The van der Waals surface area contributed by atoms with E-state index in [0.29, 0.717) is 37.9 Å². The molecular weight excluding hydrogens is 426 g/mol. The van der Waals surface area contributed by atoms with Crippen LogP contribution in [-0.4, -0.2) is 72.0 Å². The zero-order chi connectivity index (χ0) is 22.7. The SMILES string of the molecule is CSCCC(NC(=O)C1CCS(=O)(=O)CC1)C(=O)NC1CC(C)(C)N([O])C(C)(C)C1. The number of hydroxylamine groups is 2. The molecule has 2 aliphatic heterocycles. The molecule has 1 radical (unpaired) electrons. The van der Waals surface area contributed by atoms with Crippen molar-refractivity contribution in [3.05, 3.63) is 0 Å². The zero-order valence-corrected chi connectivity index (χ0v) is 20.3. The van der Waals surface area contributed by atoms with Crippen molar-refractivity contribution in [1.29, 1.82) is 0 Å². The number of carbonyl (C=O) groups is 2. The summed E-state index contributed by atoms with van der Waals surface area (Å²) >= 11 is 1.60. The third-order valence-corrected chi connectivity index (χ3v) is 8.47. The number of thioether (sulfide) groups is 1. The highest BCUT2D eigenvalue weighted by Crippen LogP contribution is 2.37. The minimum atomic E-state index is -3.05. The van der Waals surface area contributed by atoms with Crippen molar-refractivity contribution >= 4 is 33.4 Å². The lowest BCUT2D eigenvalue weighted by atomic mass is 9.79. The Morgan fingerprint density at radius 2 is 1.63 bits per heavy atom. The molecule has 2 N–H and O–H groups in total. The van der Waals surface area contributed by atoms with Crippen LogP contribution >= 0.6 is 11.8 Å². The van der Waals surface area contributed by atoms with Crippen molar-refractivity contribution in [1.82, 2.24) is 15.7 Å². The second kappa shape index (κ2) is 9.75. The van der Waals surface area contributed by atoms with Gasteiger partial charge in [-0.3, -0.25) is 9.59 Å². The van der Waals surface area contributed by atoms with E-state index in [9.17, 15) is 23.2 Å². The van der Waals surface area contributed by atoms with Crippen LogP contribution in [0.25, 0.3) is 0 Å². The van der Waals surface area contributed by atoms with Gasteiger partial charge in [0.05, 0.1) is 11.5 Å². The quantitative estimate of drug-likeness (QED) is 0.593. The molecular formula is C20H36N3O5S2. The summed E-state index contributed by atoms with van der Waals surface area (Å²) < 4.78 is 23.2. The number of nitrogens with one attached hydrogen (secondary N) is 2. The summed E-state index contributed by atoms with van der Waals surface area (Å²) in [4.78, 5) is 25.7. The maximum atomic E-state index is 13.0. The number of amides is 2. The Labute approximate surface area is 184 Å². The Morgan fingerprint density at radius 1 is 1.10 bits per heavy atom. The lowest BCUT2D eigenvalue weighted by Crippen LogP contribution is -2.63. The van der Waals surface area contributed by atoms with Crippen LogP contribution in [0, 0.1) is 5.92 Å². The topological polar surface area (TPSA) is 115 Å². The summed E-state index contributed by atoms with van der Waals surface area (Å²) in [6.45, 7) is 7.52. The molecule has 2 heterocycles. The van der Waals surface area contributed by atoms with Crippen LogP contribution in [0.3, 0.4) is 0 Å². The summed E-state index contributed by atoms with van der Waals surface area (Å²) in [5.41, 5.74) is -1.18. The van der Waals surface area contributed by atoms with E-state index in [0.717, 1.165) is 5.06 Å². The first-order chi connectivity index (χ1) is 13.8. The van der Waals surface area contributed by atoms with Crippen LogP contribution in [-0.2, 0) is 24.6 Å². The van der Waals surface area contributed by atoms with E-state index in [1.165, 1.54) is 0 Å². The molecule has 2 amide bonds. The molecule has 0 aliphatic carbocycles. The molecule has 173 valence electrons. The smallest absolute Gasteiger partial charge is 0.242 e. The fraction of sp³-hybridized carbons (Fsp3) is 0.900. The van der Waals surface area contributed by atoms with E-state index >= 15 is 0 Å². The normalized spacial score (nSPS) is 25.4. The average Bonchev–Trinajstić information content (AvgIpc) is 2.62. The molecule has 0 spiro atoms. The molecule has 1 unspecified atom stereocenters. The maximum Gasteiger partial charge on any atom is 0.242 e. The van der Waals surface area contributed by atoms with Gasteiger partial charge in [-0.1, -0.05) is 0 Å². The van der Waals surface area contributed by atoms with Crippen LogP contribution < -0.4 is 10.6 Å². The highest BCUT2D eigenvalue weighted by Gasteiger charge is 2.46. The molecule has 2 fully saturated rings. The minimum Gasteiger partial charge on any atom is -0.351 e. The lowest BCUT2D eigenvalue weighted by Gasteiger charge is -2.50. The summed E-state index contributed by atoms with van der Waals surface area (Å²) in [6.07, 6.45) is 4.12. The summed E-state index contributed by atoms with van der Waals surface area (Å²) in [6, 6.07) is -0.818. The first kappa shape index (κ1) is 25.4. The van der Waals surface area contributed by atoms with E-state index in [-0.39, 0.29) is 35.3 Å². The molecule has 0 aromatic rings. The van der Waals surface area contributed by atoms with Crippen LogP contribution in [0.1, 0.15) is 59.8 Å². The molecule has 2 saturated heterocycles. The van der Waals surface area contributed by atoms with Gasteiger partial charge in [0.2, 0.25) is 11.8 Å². The van der Waals surface area contributed by atoms with E-state index in [1.54, 1.807) is 11.8 Å². The van der Waals surface area contributed by atoms with Crippen molar-refractivity contribution in [2.24, 2.45) is 5.92 Å². The largest absolute Gasteiger partial charge is 0.351 e. The molecule has 0 saturated carbocycles. The average molecular weight is 463 g/mol.